The van der Waals surface area contributed by atoms with Crippen LogP contribution in [-0.2, 0) is 17.8 Å². The van der Waals surface area contributed by atoms with Crippen LogP contribution < -0.4 is 10.6 Å². The lowest BCUT2D eigenvalue weighted by Crippen LogP contribution is -2.43. The highest BCUT2D eigenvalue weighted by Crippen LogP contribution is 2.09. The molecule has 2 N–H and O–H groups in total. The maximum atomic E-state index is 12.9. The molecule has 27 heavy (non-hydrogen) atoms. The van der Waals surface area contributed by atoms with E-state index in [0.717, 1.165) is 11.1 Å². The second kappa shape index (κ2) is 9.83. The highest BCUT2D eigenvalue weighted by molar-refractivity contribution is 5.93. The molecule has 1 atom stereocenters. The van der Waals surface area contributed by atoms with Gasteiger partial charge in [0.2, 0.25) is 5.91 Å². The zero-order chi connectivity index (χ0) is 19.8. The molecule has 2 amide bonds. The van der Waals surface area contributed by atoms with Crippen LogP contribution in [0.4, 0.5) is 4.39 Å². The van der Waals surface area contributed by atoms with Gasteiger partial charge in [-0.05, 0) is 55.8 Å². The van der Waals surface area contributed by atoms with Gasteiger partial charge < -0.3 is 10.6 Å². The number of nitrogens with zero attached hydrogens (tertiary/aromatic N) is 1. The van der Waals surface area contributed by atoms with Crippen LogP contribution in [0.1, 0.15) is 28.4 Å². The summed E-state index contributed by atoms with van der Waals surface area (Å²) >= 11 is 0. The van der Waals surface area contributed by atoms with Crippen molar-refractivity contribution in [2.24, 2.45) is 0 Å². The van der Waals surface area contributed by atoms with Gasteiger partial charge in [0, 0.05) is 25.7 Å². The molecule has 0 aromatic heterocycles. The van der Waals surface area contributed by atoms with Crippen LogP contribution in [0.15, 0.2) is 48.5 Å². The molecule has 2 aromatic carbocycles. The number of carbonyl (C=O) groups is 2. The summed E-state index contributed by atoms with van der Waals surface area (Å²) in [5, 5.41) is 5.50. The van der Waals surface area contributed by atoms with E-state index in [1.807, 2.05) is 31.0 Å². The first-order chi connectivity index (χ1) is 12.9. The highest BCUT2D eigenvalue weighted by Gasteiger charge is 2.17. The van der Waals surface area contributed by atoms with E-state index in [4.69, 9.17) is 0 Å². The number of rotatable bonds is 8. The molecule has 0 aliphatic rings. The van der Waals surface area contributed by atoms with Gasteiger partial charge in [-0.1, -0.05) is 24.3 Å². The molecule has 0 saturated carbocycles. The monoisotopic (exact) mass is 371 g/mol. The third-order valence-corrected chi connectivity index (χ3v) is 4.54. The third kappa shape index (κ3) is 6.18. The molecule has 0 saturated heterocycles. The molecule has 0 aliphatic carbocycles. The van der Waals surface area contributed by atoms with Crippen molar-refractivity contribution in [1.29, 1.82) is 0 Å². The molecule has 0 unspecified atom stereocenters. The molecule has 0 heterocycles. The minimum atomic E-state index is -0.295. The van der Waals surface area contributed by atoms with Crippen LogP contribution in [0.2, 0.25) is 0 Å². The Morgan fingerprint density at radius 2 is 1.63 bits per heavy atom. The topological polar surface area (TPSA) is 61.4 Å². The van der Waals surface area contributed by atoms with Gasteiger partial charge in [-0.3, -0.25) is 14.5 Å². The van der Waals surface area contributed by atoms with Gasteiger partial charge in [-0.15, -0.1) is 0 Å². The van der Waals surface area contributed by atoms with Crippen LogP contribution in [-0.4, -0.2) is 43.4 Å². The molecular weight excluding hydrogens is 345 g/mol. The van der Waals surface area contributed by atoms with Crippen molar-refractivity contribution in [3.8, 4) is 0 Å². The zero-order valence-corrected chi connectivity index (χ0v) is 16.0. The Bertz CT molecular complexity index is 760. The Morgan fingerprint density at radius 1 is 1.04 bits per heavy atom. The van der Waals surface area contributed by atoms with Crippen LogP contribution in [0.5, 0.6) is 0 Å². The van der Waals surface area contributed by atoms with Gasteiger partial charge in [0.1, 0.15) is 5.82 Å². The maximum Gasteiger partial charge on any atom is 0.251 e. The zero-order valence-electron chi connectivity index (χ0n) is 16.0. The predicted molar refractivity (Wildman–Crippen MR) is 104 cm³/mol. The predicted octanol–water partition coefficient (Wildman–Crippen LogP) is 2.36. The molecule has 2 aromatic rings. The summed E-state index contributed by atoms with van der Waals surface area (Å²) in [6.45, 7) is 2.95. The van der Waals surface area contributed by atoms with Crippen molar-refractivity contribution in [3.05, 3.63) is 71.0 Å². The number of hydrogen-bond acceptors (Lipinski definition) is 3. The summed E-state index contributed by atoms with van der Waals surface area (Å²) < 4.78 is 12.9. The minimum absolute atomic E-state index is 0.0541. The fraction of sp³-hybridized carbons (Fsp3) is 0.333. The molecule has 0 radical (unpaired) electrons. The standard InChI is InChI=1S/C21H26FN3O2/c1-15(20(26)24-13-12-16-6-10-19(22)11-7-16)25(3)14-17-4-8-18(9-5-17)21(27)23-2/h4-11,15H,12-14H2,1-3H3,(H,23,27)(H,24,26)/t15-/m0/s1. The molecule has 6 heteroatoms. The molecule has 0 spiro atoms. The van der Waals surface area contributed by atoms with Crippen molar-refractivity contribution in [3.63, 3.8) is 0 Å². The lowest BCUT2D eigenvalue weighted by Gasteiger charge is -2.24. The third-order valence-electron chi connectivity index (χ3n) is 4.54. The van der Waals surface area contributed by atoms with Gasteiger partial charge in [-0.25, -0.2) is 4.39 Å². The first-order valence-electron chi connectivity index (χ1n) is 8.94. The Morgan fingerprint density at radius 3 is 2.22 bits per heavy atom. The average molecular weight is 371 g/mol. The number of carbonyl (C=O) groups excluding carboxylic acids is 2. The van der Waals surface area contributed by atoms with E-state index in [9.17, 15) is 14.0 Å². The molecule has 2 rings (SSSR count). The maximum absolute atomic E-state index is 12.9. The first kappa shape index (κ1) is 20.6. The van der Waals surface area contributed by atoms with Crippen LogP contribution in [0, 0.1) is 5.82 Å². The van der Waals surface area contributed by atoms with Crippen molar-refractivity contribution in [2.45, 2.75) is 25.9 Å². The van der Waals surface area contributed by atoms with E-state index in [-0.39, 0.29) is 23.7 Å². The van der Waals surface area contributed by atoms with E-state index in [1.165, 1.54) is 12.1 Å². The molecule has 144 valence electrons. The average Bonchev–Trinajstić information content (AvgIpc) is 2.68. The van der Waals surface area contributed by atoms with Gasteiger partial charge in [0.05, 0.1) is 6.04 Å². The largest absolute Gasteiger partial charge is 0.355 e. The van der Waals surface area contributed by atoms with Crippen molar-refractivity contribution in [1.82, 2.24) is 15.5 Å². The SMILES string of the molecule is CNC(=O)c1ccc(CN(C)[C@@H](C)C(=O)NCCc2ccc(F)cc2)cc1. The number of nitrogens with one attached hydrogen (secondary N) is 2. The second-order valence-electron chi connectivity index (χ2n) is 6.53. The Kier molecular flexibility index (Phi) is 7.49. The Balaban J connectivity index is 1.81. The molecular formula is C21H26FN3O2. The van der Waals surface area contributed by atoms with Crippen LogP contribution in [0.25, 0.3) is 0 Å². The number of hydrogen-bond donors (Lipinski definition) is 2. The fourth-order valence-corrected chi connectivity index (χ4v) is 2.66. The lowest BCUT2D eigenvalue weighted by molar-refractivity contribution is -0.125. The summed E-state index contributed by atoms with van der Waals surface area (Å²) in [6, 6.07) is 13.3. The van der Waals surface area contributed by atoms with E-state index >= 15 is 0 Å². The molecule has 0 fully saturated rings. The number of likely N-dealkylation sites (N-methyl/N-ethyl adjacent to an activating group) is 1. The fourth-order valence-electron chi connectivity index (χ4n) is 2.66. The van der Waals surface area contributed by atoms with E-state index in [2.05, 4.69) is 10.6 Å². The van der Waals surface area contributed by atoms with Gasteiger partial charge >= 0.3 is 0 Å². The van der Waals surface area contributed by atoms with Gasteiger partial charge in [-0.2, -0.15) is 0 Å². The van der Waals surface area contributed by atoms with Crippen LogP contribution >= 0.6 is 0 Å². The van der Waals surface area contributed by atoms with Crippen molar-refractivity contribution < 1.29 is 14.0 Å². The normalized spacial score (nSPS) is 11.9. The van der Waals surface area contributed by atoms with E-state index in [0.29, 0.717) is 25.1 Å². The quantitative estimate of drug-likeness (QED) is 0.749. The van der Waals surface area contributed by atoms with Gasteiger partial charge in [0.25, 0.3) is 5.91 Å². The first-order valence-corrected chi connectivity index (χ1v) is 8.94. The van der Waals surface area contributed by atoms with Crippen LogP contribution in [0.3, 0.4) is 0 Å². The Hall–Kier alpha value is -2.73. The molecule has 5 nitrogen and oxygen atoms in total. The molecule has 0 bridgehead atoms. The highest BCUT2D eigenvalue weighted by atomic mass is 19.1. The number of amides is 2. The number of benzene rings is 2. The van der Waals surface area contributed by atoms with E-state index < -0.39 is 0 Å². The lowest BCUT2D eigenvalue weighted by atomic mass is 10.1. The second-order valence-corrected chi connectivity index (χ2v) is 6.53. The summed E-state index contributed by atoms with van der Waals surface area (Å²) in [5.41, 5.74) is 2.61. The smallest absolute Gasteiger partial charge is 0.251 e. The summed E-state index contributed by atoms with van der Waals surface area (Å²) in [4.78, 5) is 25.9. The summed E-state index contributed by atoms with van der Waals surface area (Å²) in [5.74, 6) is -0.438. The summed E-state index contributed by atoms with van der Waals surface area (Å²) in [6.07, 6.45) is 0.656. The molecule has 0 aliphatic heterocycles. The van der Waals surface area contributed by atoms with Gasteiger partial charge in [0.15, 0.2) is 0 Å². The van der Waals surface area contributed by atoms with Crippen molar-refractivity contribution in [2.75, 3.05) is 20.6 Å². The summed E-state index contributed by atoms with van der Waals surface area (Å²) in [7, 11) is 3.48. The minimum Gasteiger partial charge on any atom is -0.355 e. The number of halogens is 1. The van der Waals surface area contributed by atoms with Crippen molar-refractivity contribution >= 4 is 11.8 Å². The van der Waals surface area contributed by atoms with E-state index in [1.54, 1.807) is 31.3 Å². The Labute approximate surface area is 159 Å².